The molecule has 2 heterocycles. The second-order valence-corrected chi connectivity index (χ2v) is 6.52. The van der Waals surface area contributed by atoms with Gasteiger partial charge >= 0.3 is 0 Å². The SMILES string of the molecule is NC1CCCN1S(=O)(=O)N1CCCCCC1. The zero-order valence-electron chi connectivity index (χ0n) is 9.64. The van der Waals surface area contributed by atoms with Gasteiger partial charge in [0, 0.05) is 19.6 Å². The van der Waals surface area contributed by atoms with Crippen LogP contribution in [0.4, 0.5) is 0 Å². The average Bonchev–Trinajstić information content (AvgIpc) is 2.55. The van der Waals surface area contributed by atoms with Crippen molar-refractivity contribution in [2.45, 2.75) is 44.7 Å². The molecule has 2 aliphatic rings. The Balaban J connectivity index is 2.10. The first-order valence-electron chi connectivity index (χ1n) is 6.15. The first kappa shape index (κ1) is 12.3. The molecule has 1 unspecified atom stereocenters. The van der Waals surface area contributed by atoms with Gasteiger partial charge in [-0.2, -0.15) is 17.0 Å². The zero-order valence-corrected chi connectivity index (χ0v) is 10.5. The summed E-state index contributed by atoms with van der Waals surface area (Å²) in [6, 6.07) is 0. The number of nitrogens with zero attached hydrogens (tertiary/aromatic N) is 2. The van der Waals surface area contributed by atoms with Crippen LogP contribution in [0, 0.1) is 0 Å². The van der Waals surface area contributed by atoms with Crippen LogP contribution >= 0.6 is 0 Å². The van der Waals surface area contributed by atoms with E-state index < -0.39 is 10.2 Å². The van der Waals surface area contributed by atoms with Crippen molar-refractivity contribution in [2.24, 2.45) is 5.73 Å². The van der Waals surface area contributed by atoms with Gasteiger partial charge in [-0.1, -0.05) is 12.8 Å². The lowest BCUT2D eigenvalue weighted by Gasteiger charge is -2.28. The van der Waals surface area contributed by atoms with E-state index in [1.807, 2.05) is 0 Å². The largest absolute Gasteiger partial charge is 0.315 e. The second kappa shape index (κ2) is 5.00. The Kier molecular flexibility index (Phi) is 3.84. The molecule has 94 valence electrons. The van der Waals surface area contributed by atoms with E-state index in [0.717, 1.165) is 38.5 Å². The lowest BCUT2D eigenvalue weighted by molar-refractivity contribution is 0.331. The number of rotatable bonds is 2. The molecule has 2 N–H and O–H groups in total. The molecule has 2 aliphatic heterocycles. The minimum atomic E-state index is -3.29. The van der Waals surface area contributed by atoms with Gasteiger partial charge in [0.1, 0.15) is 0 Å². The van der Waals surface area contributed by atoms with Gasteiger partial charge in [-0.05, 0) is 25.7 Å². The van der Waals surface area contributed by atoms with E-state index in [0.29, 0.717) is 19.6 Å². The van der Waals surface area contributed by atoms with Crippen molar-refractivity contribution in [1.82, 2.24) is 8.61 Å². The van der Waals surface area contributed by atoms with Gasteiger partial charge in [0.15, 0.2) is 0 Å². The molecule has 5 nitrogen and oxygen atoms in total. The van der Waals surface area contributed by atoms with Gasteiger partial charge in [0.25, 0.3) is 10.2 Å². The van der Waals surface area contributed by atoms with Gasteiger partial charge in [0.2, 0.25) is 0 Å². The normalized spacial score (nSPS) is 30.4. The van der Waals surface area contributed by atoms with Crippen molar-refractivity contribution in [3.05, 3.63) is 0 Å². The Morgan fingerprint density at radius 3 is 2.06 bits per heavy atom. The molecule has 1 atom stereocenters. The van der Waals surface area contributed by atoms with Gasteiger partial charge in [-0.25, -0.2) is 0 Å². The first-order valence-corrected chi connectivity index (χ1v) is 7.54. The third kappa shape index (κ3) is 2.40. The maximum absolute atomic E-state index is 12.3. The van der Waals surface area contributed by atoms with Crippen molar-refractivity contribution in [2.75, 3.05) is 19.6 Å². The van der Waals surface area contributed by atoms with E-state index in [4.69, 9.17) is 5.73 Å². The van der Waals surface area contributed by atoms with E-state index in [1.54, 1.807) is 4.31 Å². The standard InChI is InChI=1S/C10H21N3O2S/c11-10-6-5-9-13(10)16(14,15)12-7-3-1-2-4-8-12/h10H,1-9,11H2. The molecule has 0 saturated carbocycles. The van der Waals surface area contributed by atoms with Gasteiger partial charge in [-0.15, -0.1) is 0 Å². The molecular weight excluding hydrogens is 226 g/mol. The van der Waals surface area contributed by atoms with E-state index in [2.05, 4.69) is 0 Å². The van der Waals surface area contributed by atoms with Crippen molar-refractivity contribution in [3.8, 4) is 0 Å². The van der Waals surface area contributed by atoms with Crippen molar-refractivity contribution in [3.63, 3.8) is 0 Å². The van der Waals surface area contributed by atoms with Crippen LogP contribution in [0.3, 0.4) is 0 Å². The molecule has 0 aliphatic carbocycles. The molecule has 0 bridgehead atoms. The summed E-state index contributed by atoms with van der Waals surface area (Å²) < 4.78 is 27.7. The van der Waals surface area contributed by atoms with E-state index in [9.17, 15) is 8.42 Å². The van der Waals surface area contributed by atoms with Crippen LogP contribution in [-0.2, 0) is 10.2 Å². The summed E-state index contributed by atoms with van der Waals surface area (Å²) in [5.74, 6) is 0. The molecule has 0 spiro atoms. The molecule has 2 fully saturated rings. The third-order valence-electron chi connectivity index (χ3n) is 3.44. The summed E-state index contributed by atoms with van der Waals surface area (Å²) in [5, 5.41) is 0. The Hall–Kier alpha value is -0.170. The fourth-order valence-electron chi connectivity index (χ4n) is 2.47. The maximum atomic E-state index is 12.3. The molecule has 2 rings (SSSR count). The van der Waals surface area contributed by atoms with E-state index >= 15 is 0 Å². The highest BCUT2D eigenvalue weighted by molar-refractivity contribution is 7.86. The molecule has 0 aromatic heterocycles. The number of hydrogen-bond donors (Lipinski definition) is 1. The third-order valence-corrected chi connectivity index (χ3v) is 5.50. The molecular formula is C10H21N3O2S. The predicted molar refractivity (Wildman–Crippen MR) is 62.9 cm³/mol. The van der Waals surface area contributed by atoms with Crippen LogP contribution in [0.2, 0.25) is 0 Å². The summed E-state index contributed by atoms with van der Waals surface area (Å²) in [6.07, 6.45) is 5.58. The Morgan fingerprint density at radius 1 is 0.938 bits per heavy atom. The van der Waals surface area contributed by atoms with Crippen LogP contribution in [0.25, 0.3) is 0 Å². The van der Waals surface area contributed by atoms with Gasteiger partial charge in [0.05, 0.1) is 6.17 Å². The predicted octanol–water partition coefficient (Wildman–Crippen LogP) is 0.488. The molecule has 16 heavy (non-hydrogen) atoms. The Morgan fingerprint density at radius 2 is 1.56 bits per heavy atom. The summed E-state index contributed by atoms with van der Waals surface area (Å²) >= 11 is 0. The second-order valence-electron chi connectivity index (χ2n) is 4.64. The summed E-state index contributed by atoms with van der Waals surface area (Å²) in [7, 11) is -3.29. The van der Waals surface area contributed by atoms with Crippen LogP contribution in [0.1, 0.15) is 38.5 Å². The van der Waals surface area contributed by atoms with Crippen LogP contribution < -0.4 is 5.73 Å². The summed E-state index contributed by atoms with van der Waals surface area (Å²) in [4.78, 5) is 0. The molecule has 0 radical (unpaired) electrons. The average molecular weight is 247 g/mol. The van der Waals surface area contributed by atoms with Gasteiger partial charge in [-0.3, -0.25) is 0 Å². The monoisotopic (exact) mass is 247 g/mol. The highest BCUT2D eigenvalue weighted by Crippen LogP contribution is 2.22. The number of nitrogens with two attached hydrogens (primary N) is 1. The van der Waals surface area contributed by atoms with Crippen LogP contribution in [-0.4, -0.2) is 42.8 Å². The van der Waals surface area contributed by atoms with E-state index in [1.165, 1.54) is 4.31 Å². The Labute approximate surface area is 97.8 Å². The fourth-order valence-corrected chi connectivity index (χ4v) is 4.30. The topological polar surface area (TPSA) is 66.6 Å². The quantitative estimate of drug-likeness (QED) is 0.772. The summed E-state index contributed by atoms with van der Waals surface area (Å²) in [6.45, 7) is 1.90. The van der Waals surface area contributed by atoms with Crippen molar-refractivity contribution < 1.29 is 8.42 Å². The van der Waals surface area contributed by atoms with Crippen LogP contribution in [0.15, 0.2) is 0 Å². The lowest BCUT2D eigenvalue weighted by atomic mass is 10.2. The van der Waals surface area contributed by atoms with Crippen LogP contribution in [0.5, 0.6) is 0 Å². The van der Waals surface area contributed by atoms with E-state index in [-0.39, 0.29) is 6.17 Å². The lowest BCUT2D eigenvalue weighted by Crippen LogP contribution is -2.49. The summed E-state index contributed by atoms with van der Waals surface area (Å²) in [5.41, 5.74) is 5.83. The Bertz CT molecular complexity index is 323. The minimum Gasteiger partial charge on any atom is -0.315 e. The number of hydrogen-bond acceptors (Lipinski definition) is 3. The fraction of sp³-hybridized carbons (Fsp3) is 1.00. The molecule has 0 aromatic rings. The molecule has 0 amide bonds. The first-order chi connectivity index (χ1) is 7.62. The van der Waals surface area contributed by atoms with Crippen molar-refractivity contribution in [1.29, 1.82) is 0 Å². The molecule has 6 heteroatoms. The molecule has 0 aromatic carbocycles. The van der Waals surface area contributed by atoms with Crippen molar-refractivity contribution >= 4 is 10.2 Å². The van der Waals surface area contributed by atoms with Gasteiger partial charge < -0.3 is 5.73 Å². The highest BCUT2D eigenvalue weighted by atomic mass is 32.2. The highest BCUT2D eigenvalue weighted by Gasteiger charge is 2.36. The maximum Gasteiger partial charge on any atom is 0.283 e. The molecule has 2 saturated heterocycles. The zero-order chi connectivity index (χ0) is 11.6. The minimum absolute atomic E-state index is 0.312. The smallest absolute Gasteiger partial charge is 0.283 e.